The Morgan fingerprint density at radius 1 is 1.10 bits per heavy atom. The second-order valence-electron chi connectivity index (χ2n) is 6.64. The van der Waals surface area contributed by atoms with Crippen LogP contribution in [0.5, 0.6) is 0 Å². The number of hydrogen-bond acceptors (Lipinski definition) is 1. The molecule has 1 aliphatic carbocycles. The van der Waals surface area contributed by atoms with Crippen LogP contribution >= 0.6 is 23.2 Å². The molecule has 1 saturated carbocycles. The molecule has 112 valence electrons. The Morgan fingerprint density at radius 2 is 1.65 bits per heavy atom. The molecular weight excluding hydrogens is 296 g/mol. The van der Waals surface area contributed by atoms with Crippen LogP contribution in [0.4, 0.5) is 4.39 Å². The Labute approximate surface area is 130 Å². The molecule has 1 aliphatic rings. The molecule has 3 unspecified atom stereocenters. The summed E-state index contributed by atoms with van der Waals surface area (Å²) in [6, 6.07) is 2.85. The van der Waals surface area contributed by atoms with Crippen LogP contribution in [-0.2, 0) is 5.54 Å². The summed E-state index contributed by atoms with van der Waals surface area (Å²) >= 11 is 12.0. The minimum Gasteiger partial charge on any atom is -0.321 e. The van der Waals surface area contributed by atoms with E-state index in [-0.39, 0.29) is 5.02 Å². The van der Waals surface area contributed by atoms with E-state index in [4.69, 9.17) is 28.9 Å². The highest BCUT2D eigenvalue weighted by atomic mass is 35.5. The minimum atomic E-state index is -0.633. The van der Waals surface area contributed by atoms with Gasteiger partial charge in [-0.2, -0.15) is 0 Å². The summed E-state index contributed by atoms with van der Waals surface area (Å²) in [4.78, 5) is 0. The van der Waals surface area contributed by atoms with Gasteiger partial charge in [0.2, 0.25) is 0 Å². The van der Waals surface area contributed by atoms with Crippen molar-refractivity contribution < 1.29 is 4.39 Å². The molecule has 0 heterocycles. The molecule has 0 saturated heterocycles. The smallest absolute Gasteiger partial charge is 0.142 e. The average molecular weight is 318 g/mol. The van der Waals surface area contributed by atoms with E-state index in [0.29, 0.717) is 28.3 Å². The first-order chi connectivity index (χ1) is 9.21. The van der Waals surface area contributed by atoms with Crippen LogP contribution in [0, 0.1) is 23.6 Å². The Balaban J connectivity index is 2.36. The predicted molar refractivity (Wildman–Crippen MR) is 83.6 cm³/mol. The molecule has 1 fully saturated rings. The van der Waals surface area contributed by atoms with E-state index in [1.165, 1.54) is 18.6 Å². The maximum Gasteiger partial charge on any atom is 0.142 e. The molecule has 4 heteroatoms. The number of rotatable bonds is 2. The van der Waals surface area contributed by atoms with Gasteiger partial charge in [-0.3, -0.25) is 0 Å². The van der Waals surface area contributed by atoms with Gasteiger partial charge in [-0.05, 0) is 61.6 Å². The van der Waals surface area contributed by atoms with Gasteiger partial charge in [0.1, 0.15) is 5.82 Å². The van der Waals surface area contributed by atoms with E-state index in [1.54, 1.807) is 0 Å². The summed E-state index contributed by atoms with van der Waals surface area (Å²) in [5.41, 5.74) is 6.59. The van der Waals surface area contributed by atoms with Gasteiger partial charge in [0.25, 0.3) is 0 Å². The first-order valence-corrected chi connectivity index (χ1v) is 7.91. The van der Waals surface area contributed by atoms with Crippen molar-refractivity contribution >= 4 is 23.2 Å². The van der Waals surface area contributed by atoms with E-state index in [2.05, 4.69) is 13.8 Å². The van der Waals surface area contributed by atoms with E-state index in [9.17, 15) is 4.39 Å². The quantitative estimate of drug-likeness (QED) is 0.728. The topological polar surface area (TPSA) is 26.0 Å². The Hall–Kier alpha value is -0.310. The summed E-state index contributed by atoms with van der Waals surface area (Å²) in [7, 11) is 0. The van der Waals surface area contributed by atoms with Crippen molar-refractivity contribution in [2.75, 3.05) is 0 Å². The van der Waals surface area contributed by atoms with Crippen molar-refractivity contribution in [3.05, 3.63) is 33.6 Å². The minimum absolute atomic E-state index is 0.0416. The third kappa shape index (κ3) is 3.13. The molecule has 1 nitrogen and oxygen atoms in total. The van der Waals surface area contributed by atoms with E-state index < -0.39 is 11.4 Å². The van der Waals surface area contributed by atoms with Gasteiger partial charge in [0.05, 0.1) is 5.02 Å². The Bertz CT molecular complexity index is 491. The molecule has 2 rings (SSSR count). The molecule has 0 amide bonds. The number of nitrogens with two attached hydrogens (primary N) is 1. The van der Waals surface area contributed by atoms with Crippen molar-refractivity contribution in [2.45, 2.75) is 45.6 Å². The molecule has 1 aromatic rings. The SMILES string of the molecule is CC1CC(C)CC(C(C)(N)c2cc(F)c(Cl)cc2Cl)C1. The van der Waals surface area contributed by atoms with Crippen molar-refractivity contribution in [3.8, 4) is 0 Å². The van der Waals surface area contributed by atoms with Gasteiger partial charge in [-0.25, -0.2) is 4.39 Å². The van der Waals surface area contributed by atoms with E-state index in [0.717, 1.165) is 12.8 Å². The molecule has 0 radical (unpaired) electrons. The van der Waals surface area contributed by atoms with Crippen molar-refractivity contribution in [1.82, 2.24) is 0 Å². The highest BCUT2D eigenvalue weighted by molar-refractivity contribution is 6.35. The lowest BCUT2D eigenvalue weighted by Gasteiger charge is -2.42. The van der Waals surface area contributed by atoms with Crippen LogP contribution in [-0.4, -0.2) is 0 Å². The first kappa shape index (κ1) is 16.1. The number of halogens is 3. The van der Waals surface area contributed by atoms with Crippen LogP contribution in [0.2, 0.25) is 10.0 Å². The maximum atomic E-state index is 13.8. The maximum absolute atomic E-state index is 13.8. The highest BCUT2D eigenvalue weighted by Crippen LogP contribution is 2.44. The van der Waals surface area contributed by atoms with Crippen molar-refractivity contribution in [1.29, 1.82) is 0 Å². The van der Waals surface area contributed by atoms with Gasteiger partial charge in [0, 0.05) is 10.6 Å². The fraction of sp³-hybridized carbons (Fsp3) is 0.625. The van der Waals surface area contributed by atoms with Crippen LogP contribution in [0.3, 0.4) is 0 Å². The van der Waals surface area contributed by atoms with Crippen molar-refractivity contribution in [2.24, 2.45) is 23.5 Å². The zero-order valence-electron chi connectivity index (χ0n) is 12.2. The lowest BCUT2D eigenvalue weighted by molar-refractivity contribution is 0.145. The fourth-order valence-electron chi connectivity index (χ4n) is 3.59. The third-order valence-corrected chi connectivity index (χ3v) is 5.22. The summed E-state index contributed by atoms with van der Waals surface area (Å²) in [6.07, 6.45) is 3.34. The zero-order chi connectivity index (χ0) is 15.1. The van der Waals surface area contributed by atoms with Gasteiger partial charge in [-0.1, -0.05) is 37.0 Å². The van der Waals surface area contributed by atoms with Crippen LogP contribution < -0.4 is 5.73 Å². The average Bonchev–Trinajstić information content (AvgIpc) is 2.32. The molecule has 2 N–H and O–H groups in total. The highest BCUT2D eigenvalue weighted by Gasteiger charge is 2.38. The molecule has 0 bridgehead atoms. The Morgan fingerprint density at radius 3 is 2.20 bits per heavy atom. The lowest BCUT2D eigenvalue weighted by atomic mass is 9.67. The summed E-state index contributed by atoms with van der Waals surface area (Å²) < 4.78 is 13.8. The largest absolute Gasteiger partial charge is 0.321 e. The normalized spacial score (nSPS) is 30.1. The summed E-state index contributed by atoms with van der Waals surface area (Å²) in [5, 5.41) is 0.493. The van der Waals surface area contributed by atoms with Gasteiger partial charge in [0.15, 0.2) is 0 Å². The molecule has 0 spiro atoms. The predicted octanol–water partition coefficient (Wildman–Crippen LogP) is 5.38. The number of benzene rings is 1. The summed E-state index contributed by atoms with van der Waals surface area (Å²) in [6.45, 7) is 6.46. The second-order valence-corrected chi connectivity index (χ2v) is 7.46. The van der Waals surface area contributed by atoms with Crippen molar-refractivity contribution in [3.63, 3.8) is 0 Å². The Kier molecular flexibility index (Phi) is 4.68. The van der Waals surface area contributed by atoms with Gasteiger partial charge >= 0.3 is 0 Å². The monoisotopic (exact) mass is 317 g/mol. The summed E-state index contributed by atoms with van der Waals surface area (Å²) in [5.74, 6) is 1.13. The molecule has 3 atom stereocenters. The molecule has 0 aromatic heterocycles. The van der Waals surface area contributed by atoms with Gasteiger partial charge in [-0.15, -0.1) is 0 Å². The molecular formula is C16H22Cl2FN. The van der Waals surface area contributed by atoms with E-state index in [1.807, 2.05) is 6.92 Å². The van der Waals surface area contributed by atoms with E-state index >= 15 is 0 Å². The second kappa shape index (κ2) is 5.82. The van der Waals surface area contributed by atoms with Crippen LogP contribution in [0.25, 0.3) is 0 Å². The van der Waals surface area contributed by atoms with Crippen LogP contribution in [0.15, 0.2) is 12.1 Å². The molecule has 20 heavy (non-hydrogen) atoms. The number of hydrogen-bond donors (Lipinski definition) is 1. The zero-order valence-corrected chi connectivity index (χ0v) is 13.7. The molecule has 1 aromatic carbocycles. The molecule has 0 aliphatic heterocycles. The fourth-order valence-corrected chi connectivity index (χ4v) is 4.18. The standard InChI is InChI=1S/C16H22Cl2FN/c1-9-4-10(2)6-11(5-9)16(3,20)12-7-15(19)14(18)8-13(12)17/h7-11H,4-6,20H2,1-3H3. The third-order valence-electron chi connectivity index (χ3n) is 4.62. The van der Waals surface area contributed by atoms with Gasteiger partial charge < -0.3 is 5.73 Å². The lowest BCUT2D eigenvalue weighted by Crippen LogP contribution is -2.44. The van der Waals surface area contributed by atoms with Crippen LogP contribution in [0.1, 0.15) is 45.6 Å². The first-order valence-electron chi connectivity index (χ1n) is 7.15.